The zero-order valence-electron chi connectivity index (χ0n) is 30.2. The van der Waals surface area contributed by atoms with Gasteiger partial charge < -0.3 is 4.57 Å². The van der Waals surface area contributed by atoms with Gasteiger partial charge in [0, 0.05) is 53.3 Å². The van der Waals surface area contributed by atoms with Crippen molar-refractivity contribution in [2.75, 3.05) is 0 Å². The van der Waals surface area contributed by atoms with Gasteiger partial charge in [-0.05, 0) is 64.7 Å². The molecule has 4 nitrogen and oxygen atoms in total. The Balaban J connectivity index is 1.09. The van der Waals surface area contributed by atoms with Crippen molar-refractivity contribution in [2.24, 2.45) is 0 Å². The van der Waals surface area contributed by atoms with Crippen LogP contribution in [-0.4, -0.2) is 19.5 Å². The van der Waals surface area contributed by atoms with E-state index in [1.54, 1.807) is 11.3 Å². The van der Waals surface area contributed by atoms with Gasteiger partial charge in [-0.1, -0.05) is 152 Å². The molecule has 0 N–H and O–H groups in total. The van der Waals surface area contributed by atoms with Crippen LogP contribution in [-0.2, 0) is 0 Å². The number of nitrogens with zero attached hydrogens (tertiary/aromatic N) is 4. The molecule has 0 fully saturated rings. The zero-order chi connectivity index (χ0) is 37.0. The van der Waals surface area contributed by atoms with E-state index in [4.69, 9.17) is 15.0 Å². The molecule has 11 rings (SSSR count). The van der Waals surface area contributed by atoms with Crippen molar-refractivity contribution in [3.8, 4) is 62.1 Å². The Bertz CT molecular complexity index is 3240. The fourth-order valence-corrected chi connectivity index (χ4v) is 9.15. The summed E-state index contributed by atoms with van der Waals surface area (Å²) in [6.45, 7) is 0. The molecule has 56 heavy (non-hydrogen) atoms. The van der Waals surface area contributed by atoms with Crippen molar-refractivity contribution in [2.45, 2.75) is 0 Å². The Labute approximate surface area is 327 Å². The largest absolute Gasteiger partial charge is 0.309 e. The number of fused-ring (bicyclic) bond motifs is 6. The topological polar surface area (TPSA) is 43.6 Å². The predicted molar refractivity (Wildman–Crippen MR) is 234 cm³/mol. The number of aromatic nitrogens is 4. The first-order valence-corrected chi connectivity index (χ1v) is 19.6. The third kappa shape index (κ3) is 5.48. The second-order valence-electron chi connectivity index (χ2n) is 14.0. The lowest BCUT2D eigenvalue weighted by Gasteiger charge is -2.11. The quantitative estimate of drug-likeness (QED) is 0.171. The van der Waals surface area contributed by atoms with Gasteiger partial charge in [0.25, 0.3) is 0 Å². The molecule has 11 aromatic rings. The first-order valence-electron chi connectivity index (χ1n) is 18.8. The van der Waals surface area contributed by atoms with Gasteiger partial charge in [-0.25, -0.2) is 15.0 Å². The van der Waals surface area contributed by atoms with Crippen LogP contribution in [0.1, 0.15) is 0 Å². The van der Waals surface area contributed by atoms with Gasteiger partial charge in [-0.3, -0.25) is 0 Å². The molecular weight excluding hydrogens is 701 g/mol. The molecule has 0 atom stereocenters. The average molecular weight is 733 g/mol. The Kier molecular flexibility index (Phi) is 7.64. The van der Waals surface area contributed by atoms with Crippen LogP contribution in [0.3, 0.4) is 0 Å². The fourth-order valence-electron chi connectivity index (χ4n) is 8.00. The lowest BCUT2D eigenvalue weighted by molar-refractivity contribution is 1.08. The minimum atomic E-state index is 0.634. The molecule has 0 aliphatic rings. The Morgan fingerprint density at radius 1 is 0.339 bits per heavy atom. The SMILES string of the molecule is c1ccc(-c2cccc(-c3ccc(-c4nc(-c5ccc6c(c5)sc5ccccc56)nc(-c5cccc6c5c5ccccc5n6-c5ccccc5)n4)cc3)c2)cc1. The number of para-hydroxylation sites is 2. The number of hydrogen-bond donors (Lipinski definition) is 0. The zero-order valence-corrected chi connectivity index (χ0v) is 31.0. The van der Waals surface area contributed by atoms with E-state index >= 15 is 0 Å². The van der Waals surface area contributed by atoms with Crippen molar-refractivity contribution in [3.05, 3.63) is 194 Å². The maximum atomic E-state index is 5.28. The molecule has 0 spiro atoms. The van der Waals surface area contributed by atoms with E-state index in [1.165, 1.54) is 31.3 Å². The van der Waals surface area contributed by atoms with Crippen LogP contribution in [0, 0.1) is 0 Å². The summed E-state index contributed by atoms with van der Waals surface area (Å²) in [5.74, 6) is 1.92. The smallest absolute Gasteiger partial charge is 0.164 e. The first-order chi connectivity index (χ1) is 27.7. The van der Waals surface area contributed by atoms with E-state index in [-0.39, 0.29) is 0 Å². The fraction of sp³-hybridized carbons (Fsp3) is 0. The normalized spacial score (nSPS) is 11.6. The van der Waals surface area contributed by atoms with Gasteiger partial charge >= 0.3 is 0 Å². The van der Waals surface area contributed by atoms with Crippen LogP contribution in [0.15, 0.2) is 194 Å². The monoisotopic (exact) mass is 732 g/mol. The van der Waals surface area contributed by atoms with E-state index in [9.17, 15) is 0 Å². The van der Waals surface area contributed by atoms with Crippen LogP contribution in [0.25, 0.3) is 104 Å². The third-order valence-electron chi connectivity index (χ3n) is 10.7. The molecule has 8 aromatic carbocycles. The van der Waals surface area contributed by atoms with E-state index < -0.39 is 0 Å². The molecule has 262 valence electrons. The maximum Gasteiger partial charge on any atom is 0.164 e. The van der Waals surface area contributed by atoms with Gasteiger partial charge in [0.05, 0.1) is 11.0 Å². The minimum absolute atomic E-state index is 0.634. The van der Waals surface area contributed by atoms with Crippen LogP contribution >= 0.6 is 11.3 Å². The molecule has 0 aliphatic carbocycles. The molecule has 3 aromatic heterocycles. The highest BCUT2D eigenvalue weighted by Gasteiger charge is 2.20. The molecule has 0 bridgehead atoms. The van der Waals surface area contributed by atoms with Gasteiger partial charge in [0.1, 0.15) is 0 Å². The molecule has 3 heterocycles. The average Bonchev–Trinajstić information content (AvgIpc) is 3.82. The number of benzene rings is 8. The predicted octanol–water partition coefficient (Wildman–Crippen LogP) is 13.7. The van der Waals surface area contributed by atoms with Crippen LogP contribution in [0.2, 0.25) is 0 Å². The Hall–Kier alpha value is -7.21. The highest BCUT2D eigenvalue weighted by Crippen LogP contribution is 2.40. The number of thiophene rings is 1. The number of rotatable bonds is 6. The molecule has 0 unspecified atom stereocenters. The van der Waals surface area contributed by atoms with E-state index in [1.807, 2.05) is 0 Å². The van der Waals surface area contributed by atoms with Crippen LogP contribution in [0.4, 0.5) is 0 Å². The minimum Gasteiger partial charge on any atom is -0.309 e. The Morgan fingerprint density at radius 3 is 1.70 bits per heavy atom. The molecule has 5 heteroatoms. The summed E-state index contributed by atoms with van der Waals surface area (Å²) in [5.41, 5.74) is 10.9. The maximum absolute atomic E-state index is 5.28. The highest BCUT2D eigenvalue weighted by atomic mass is 32.1. The van der Waals surface area contributed by atoms with Crippen molar-refractivity contribution in [1.29, 1.82) is 0 Å². The van der Waals surface area contributed by atoms with E-state index in [0.717, 1.165) is 55.3 Å². The molecule has 0 saturated heterocycles. The summed E-state index contributed by atoms with van der Waals surface area (Å²) < 4.78 is 4.81. The summed E-state index contributed by atoms with van der Waals surface area (Å²) in [7, 11) is 0. The van der Waals surface area contributed by atoms with Gasteiger partial charge in [-0.2, -0.15) is 0 Å². The van der Waals surface area contributed by atoms with Gasteiger partial charge in [0.2, 0.25) is 0 Å². The molecule has 0 saturated carbocycles. The highest BCUT2D eigenvalue weighted by molar-refractivity contribution is 7.25. The molecular formula is C51H32N4S. The molecule has 0 amide bonds. The number of hydrogen-bond acceptors (Lipinski definition) is 4. The van der Waals surface area contributed by atoms with Crippen molar-refractivity contribution >= 4 is 53.3 Å². The van der Waals surface area contributed by atoms with Crippen molar-refractivity contribution in [3.63, 3.8) is 0 Å². The first kappa shape index (κ1) is 32.2. The van der Waals surface area contributed by atoms with E-state index in [0.29, 0.717) is 17.5 Å². The lowest BCUT2D eigenvalue weighted by Crippen LogP contribution is -2.00. The van der Waals surface area contributed by atoms with Gasteiger partial charge in [0.15, 0.2) is 17.5 Å². The van der Waals surface area contributed by atoms with Crippen molar-refractivity contribution < 1.29 is 0 Å². The summed E-state index contributed by atoms with van der Waals surface area (Å²) in [6, 6.07) is 68.6. The molecule has 0 radical (unpaired) electrons. The summed E-state index contributed by atoms with van der Waals surface area (Å²) >= 11 is 1.80. The van der Waals surface area contributed by atoms with Crippen molar-refractivity contribution in [1.82, 2.24) is 19.5 Å². The lowest BCUT2D eigenvalue weighted by atomic mass is 9.98. The standard InChI is InChI=1S/C51H32N4S/c1-3-13-33(14-4-1)36-15-11-16-37(31-36)34-25-27-35(28-26-34)49-52-50(38-29-30-41-40-19-8-10-24-46(40)56-47(41)32-38)54-51(53-49)43-21-12-23-45-48(43)42-20-7-9-22-44(42)55(45)39-17-5-2-6-18-39/h1-32H. The Morgan fingerprint density at radius 2 is 0.893 bits per heavy atom. The second-order valence-corrected chi connectivity index (χ2v) is 15.1. The van der Waals surface area contributed by atoms with Crippen LogP contribution in [0.5, 0.6) is 0 Å². The second kappa shape index (κ2) is 13.3. The van der Waals surface area contributed by atoms with Crippen LogP contribution < -0.4 is 0 Å². The summed E-state index contributed by atoms with van der Waals surface area (Å²) in [4.78, 5) is 15.7. The summed E-state index contributed by atoms with van der Waals surface area (Å²) in [5, 5.41) is 4.78. The molecule has 0 aliphatic heterocycles. The van der Waals surface area contributed by atoms with E-state index in [2.05, 4.69) is 199 Å². The third-order valence-corrected chi connectivity index (χ3v) is 11.8. The van der Waals surface area contributed by atoms with Gasteiger partial charge in [-0.15, -0.1) is 11.3 Å². The summed E-state index contributed by atoms with van der Waals surface area (Å²) in [6.07, 6.45) is 0.